The third-order valence-electron chi connectivity index (χ3n) is 2.45. The van der Waals surface area contributed by atoms with Gasteiger partial charge in [0.15, 0.2) is 0 Å². The molecule has 0 atom stereocenters. The lowest BCUT2D eigenvalue weighted by Crippen LogP contribution is -2.28. The summed E-state index contributed by atoms with van der Waals surface area (Å²) in [5.41, 5.74) is 0. The summed E-state index contributed by atoms with van der Waals surface area (Å²) >= 11 is 0. The summed E-state index contributed by atoms with van der Waals surface area (Å²) in [4.78, 5) is 4.84. The van der Waals surface area contributed by atoms with Crippen LogP contribution in [0, 0.1) is 0 Å². The molecular weight excluding hydrogens is 148 g/mol. The van der Waals surface area contributed by atoms with Gasteiger partial charge in [0.2, 0.25) is 0 Å². The fourth-order valence-corrected chi connectivity index (χ4v) is 1.26. The van der Waals surface area contributed by atoms with Crippen LogP contribution in [0.5, 0.6) is 0 Å². The average molecular weight is 172 g/mol. The van der Waals surface area contributed by atoms with Crippen molar-refractivity contribution >= 4 is 0 Å². The van der Waals surface area contributed by atoms with Crippen LogP contribution in [0.3, 0.4) is 0 Å². The van der Waals surface area contributed by atoms with E-state index in [1.54, 1.807) is 0 Å². The van der Waals surface area contributed by atoms with E-state index in [0.717, 1.165) is 6.54 Å². The fourth-order valence-electron chi connectivity index (χ4n) is 1.26. The van der Waals surface area contributed by atoms with Crippen molar-refractivity contribution in [3.05, 3.63) is 0 Å². The Balaban J connectivity index is 3.28. The molecule has 0 heterocycles. The van der Waals surface area contributed by atoms with Crippen molar-refractivity contribution in [2.75, 3.05) is 39.8 Å². The maximum absolute atomic E-state index is 2.48. The molecule has 2 nitrogen and oxygen atoms in total. The summed E-state index contributed by atoms with van der Waals surface area (Å²) in [7, 11) is 2.18. The van der Waals surface area contributed by atoms with Gasteiger partial charge >= 0.3 is 0 Å². The van der Waals surface area contributed by atoms with Crippen LogP contribution < -0.4 is 0 Å². The number of hydrogen-bond acceptors (Lipinski definition) is 2. The van der Waals surface area contributed by atoms with Crippen LogP contribution >= 0.6 is 0 Å². The lowest BCUT2D eigenvalue weighted by atomic mass is 10.3. The maximum atomic E-state index is 2.48. The normalized spacial score (nSPS) is 11.5. The zero-order valence-corrected chi connectivity index (χ0v) is 9.14. The third kappa shape index (κ3) is 5.56. The van der Waals surface area contributed by atoms with Crippen LogP contribution in [0.25, 0.3) is 0 Å². The number of hydrogen-bond donors (Lipinski definition) is 0. The minimum absolute atomic E-state index is 1.16. The molecule has 12 heavy (non-hydrogen) atoms. The standard InChI is InChI=1S/C10H24N2/c1-5-11(4)9-8-10-12(6-2)7-3/h5-10H2,1-4H3. The van der Waals surface area contributed by atoms with E-state index in [2.05, 4.69) is 37.6 Å². The van der Waals surface area contributed by atoms with Gasteiger partial charge in [-0.1, -0.05) is 20.8 Å². The molecular formula is C10H24N2. The first kappa shape index (κ1) is 11.9. The molecule has 0 aliphatic heterocycles. The predicted octanol–water partition coefficient (Wildman–Crippen LogP) is 1.67. The van der Waals surface area contributed by atoms with Gasteiger partial charge in [-0.3, -0.25) is 0 Å². The van der Waals surface area contributed by atoms with E-state index in [4.69, 9.17) is 0 Å². The SMILES string of the molecule is CCN(C)CCCN(CC)CC. The van der Waals surface area contributed by atoms with Crippen LogP contribution in [0.2, 0.25) is 0 Å². The number of nitrogens with zero attached hydrogens (tertiary/aromatic N) is 2. The van der Waals surface area contributed by atoms with E-state index in [9.17, 15) is 0 Å². The molecule has 2 heteroatoms. The van der Waals surface area contributed by atoms with Crippen molar-refractivity contribution in [3.63, 3.8) is 0 Å². The molecule has 0 aliphatic rings. The molecule has 0 bridgehead atoms. The van der Waals surface area contributed by atoms with Gasteiger partial charge in [0, 0.05) is 0 Å². The molecule has 0 N–H and O–H groups in total. The number of rotatable bonds is 7. The summed E-state index contributed by atoms with van der Waals surface area (Å²) in [6.07, 6.45) is 1.30. The third-order valence-corrected chi connectivity index (χ3v) is 2.45. The van der Waals surface area contributed by atoms with Crippen molar-refractivity contribution in [2.45, 2.75) is 27.2 Å². The van der Waals surface area contributed by atoms with Crippen molar-refractivity contribution in [2.24, 2.45) is 0 Å². The molecule has 0 aromatic rings. The predicted molar refractivity (Wildman–Crippen MR) is 55.6 cm³/mol. The van der Waals surface area contributed by atoms with Gasteiger partial charge in [0.05, 0.1) is 0 Å². The second-order valence-electron chi connectivity index (χ2n) is 3.28. The Morgan fingerprint density at radius 1 is 0.833 bits per heavy atom. The van der Waals surface area contributed by atoms with Crippen molar-refractivity contribution in [1.29, 1.82) is 0 Å². The van der Waals surface area contributed by atoms with Gasteiger partial charge in [0.1, 0.15) is 0 Å². The summed E-state index contributed by atoms with van der Waals surface area (Å²) < 4.78 is 0. The Labute approximate surface area is 77.5 Å². The molecule has 0 spiro atoms. The molecule has 0 unspecified atom stereocenters. The zero-order valence-electron chi connectivity index (χ0n) is 9.14. The topological polar surface area (TPSA) is 6.48 Å². The maximum Gasteiger partial charge on any atom is -0.000678 e. The average Bonchev–Trinajstić information content (AvgIpc) is 2.12. The van der Waals surface area contributed by atoms with E-state index in [1.165, 1.54) is 32.6 Å². The van der Waals surface area contributed by atoms with E-state index >= 15 is 0 Å². The zero-order chi connectivity index (χ0) is 9.40. The van der Waals surface area contributed by atoms with E-state index in [0.29, 0.717) is 0 Å². The Hall–Kier alpha value is -0.0800. The molecule has 0 rings (SSSR count). The second kappa shape index (κ2) is 7.56. The van der Waals surface area contributed by atoms with Crippen LogP contribution in [0.1, 0.15) is 27.2 Å². The van der Waals surface area contributed by atoms with Crippen LogP contribution in [0.15, 0.2) is 0 Å². The van der Waals surface area contributed by atoms with Crippen molar-refractivity contribution in [1.82, 2.24) is 9.80 Å². The van der Waals surface area contributed by atoms with Gasteiger partial charge in [-0.25, -0.2) is 0 Å². The summed E-state index contributed by atoms with van der Waals surface area (Å²) in [5, 5.41) is 0. The first-order chi connectivity index (χ1) is 5.74. The molecule has 0 radical (unpaired) electrons. The highest BCUT2D eigenvalue weighted by atomic mass is 15.1. The van der Waals surface area contributed by atoms with Crippen LogP contribution in [0.4, 0.5) is 0 Å². The molecule has 0 saturated carbocycles. The Kier molecular flexibility index (Phi) is 7.51. The molecule has 0 aromatic heterocycles. The van der Waals surface area contributed by atoms with Crippen LogP contribution in [-0.2, 0) is 0 Å². The Morgan fingerprint density at radius 2 is 1.42 bits per heavy atom. The van der Waals surface area contributed by atoms with Crippen molar-refractivity contribution < 1.29 is 0 Å². The first-order valence-corrected chi connectivity index (χ1v) is 5.15. The van der Waals surface area contributed by atoms with Gasteiger partial charge < -0.3 is 9.80 Å². The first-order valence-electron chi connectivity index (χ1n) is 5.15. The van der Waals surface area contributed by atoms with E-state index in [1.807, 2.05) is 0 Å². The summed E-state index contributed by atoms with van der Waals surface area (Å²) in [6.45, 7) is 12.7. The minimum Gasteiger partial charge on any atom is -0.307 e. The fraction of sp³-hybridized carbons (Fsp3) is 1.00. The van der Waals surface area contributed by atoms with Crippen LogP contribution in [-0.4, -0.2) is 49.6 Å². The van der Waals surface area contributed by atoms with E-state index in [-0.39, 0.29) is 0 Å². The second-order valence-corrected chi connectivity index (χ2v) is 3.28. The summed E-state index contributed by atoms with van der Waals surface area (Å²) in [6, 6.07) is 0. The molecule has 0 amide bonds. The molecule has 0 fully saturated rings. The van der Waals surface area contributed by atoms with Gasteiger partial charge in [-0.2, -0.15) is 0 Å². The minimum atomic E-state index is 1.16. The molecule has 74 valence electrons. The Bertz CT molecular complexity index is 89.8. The lowest BCUT2D eigenvalue weighted by Gasteiger charge is -2.20. The van der Waals surface area contributed by atoms with Gasteiger partial charge in [-0.05, 0) is 46.2 Å². The highest BCUT2D eigenvalue weighted by Crippen LogP contribution is 1.92. The molecule has 0 saturated heterocycles. The smallest absolute Gasteiger partial charge is 0.000678 e. The highest BCUT2D eigenvalue weighted by Gasteiger charge is 1.99. The lowest BCUT2D eigenvalue weighted by molar-refractivity contribution is 0.267. The monoisotopic (exact) mass is 172 g/mol. The van der Waals surface area contributed by atoms with Gasteiger partial charge in [-0.15, -0.1) is 0 Å². The largest absolute Gasteiger partial charge is 0.307 e. The quantitative estimate of drug-likeness (QED) is 0.576. The Morgan fingerprint density at radius 3 is 1.83 bits per heavy atom. The van der Waals surface area contributed by atoms with E-state index < -0.39 is 0 Å². The summed E-state index contributed by atoms with van der Waals surface area (Å²) in [5.74, 6) is 0. The van der Waals surface area contributed by atoms with Gasteiger partial charge in [0.25, 0.3) is 0 Å². The van der Waals surface area contributed by atoms with Crippen molar-refractivity contribution in [3.8, 4) is 0 Å². The highest BCUT2D eigenvalue weighted by molar-refractivity contribution is 4.55. The molecule has 0 aromatic carbocycles. The molecule has 0 aliphatic carbocycles.